The van der Waals surface area contributed by atoms with Crippen molar-refractivity contribution in [3.8, 4) is 0 Å². The van der Waals surface area contributed by atoms with Gasteiger partial charge in [-0.2, -0.15) is 0 Å². The molecule has 0 saturated heterocycles. The molecule has 0 aromatic carbocycles. The summed E-state index contributed by atoms with van der Waals surface area (Å²) in [7, 11) is 0. The van der Waals surface area contributed by atoms with Crippen LogP contribution >= 0.6 is 0 Å². The average Bonchev–Trinajstić information content (AvgIpc) is 3.52. The Bertz CT molecular complexity index is 1250. The van der Waals surface area contributed by atoms with E-state index in [2.05, 4.69) is 47.0 Å². The Hall–Kier alpha value is -3.16. The Morgan fingerprint density at radius 1 is 1.31 bits per heavy atom. The average molecular weight is 493 g/mol. The molecule has 36 heavy (non-hydrogen) atoms. The first-order valence-corrected chi connectivity index (χ1v) is 13.3. The third-order valence-corrected chi connectivity index (χ3v) is 7.86. The van der Waals surface area contributed by atoms with Gasteiger partial charge in [0.05, 0.1) is 11.4 Å². The van der Waals surface area contributed by atoms with Crippen molar-refractivity contribution in [1.82, 2.24) is 14.4 Å². The number of nitrogens with one attached hydrogen (secondary N) is 1. The number of fused-ring (bicyclic) bond motifs is 2. The van der Waals surface area contributed by atoms with E-state index in [9.17, 15) is 9.18 Å². The summed E-state index contributed by atoms with van der Waals surface area (Å²) in [6, 6.07) is 3.07. The zero-order chi connectivity index (χ0) is 25.4. The molecular weight excluding hydrogens is 455 g/mol. The number of nitrogens with zero attached hydrogens (tertiary/aromatic N) is 5. The van der Waals surface area contributed by atoms with E-state index < -0.39 is 5.82 Å². The third kappa shape index (κ3) is 5.04. The summed E-state index contributed by atoms with van der Waals surface area (Å²) in [5.74, 6) is 2.33. The molecule has 192 valence electrons. The van der Waals surface area contributed by atoms with Gasteiger partial charge in [0.25, 0.3) is 0 Å². The fourth-order valence-electron chi connectivity index (χ4n) is 5.23. The number of hydrogen-bond acceptors (Lipinski definition) is 4. The molecule has 1 N–H and O–H groups in total. The SMILES string of the molecule is CCC(C)CCN(CC(C)C1CC1)c1ccnc2c1CCN2C(=O)Nc1cn2cc(C)nc2cc1F. The van der Waals surface area contributed by atoms with E-state index in [4.69, 9.17) is 0 Å². The number of aromatic nitrogens is 3. The number of rotatable bonds is 9. The molecule has 7 nitrogen and oxygen atoms in total. The predicted molar refractivity (Wildman–Crippen MR) is 142 cm³/mol. The van der Waals surface area contributed by atoms with Crippen LogP contribution < -0.4 is 15.1 Å². The summed E-state index contributed by atoms with van der Waals surface area (Å²) < 4.78 is 16.4. The Balaban J connectivity index is 1.37. The van der Waals surface area contributed by atoms with E-state index in [1.54, 1.807) is 27.9 Å². The van der Waals surface area contributed by atoms with Gasteiger partial charge in [0, 0.05) is 55.5 Å². The van der Waals surface area contributed by atoms with Gasteiger partial charge in [-0.1, -0.05) is 27.2 Å². The minimum atomic E-state index is -0.507. The summed E-state index contributed by atoms with van der Waals surface area (Å²) in [6.07, 6.45) is 10.9. The maximum absolute atomic E-state index is 14.7. The molecule has 5 rings (SSSR count). The highest BCUT2D eigenvalue weighted by Gasteiger charge is 2.33. The lowest BCUT2D eigenvalue weighted by atomic mass is 10.0. The van der Waals surface area contributed by atoms with Gasteiger partial charge in [-0.3, -0.25) is 4.90 Å². The number of aryl methyl sites for hydroxylation is 1. The predicted octanol–water partition coefficient (Wildman–Crippen LogP) is 6.06. The van der Waals surface area contributed by atoms with Crippen LogP contribution in [0, 0.1) is 30.5 Å². The number of urea groups is 1. The fourth-order valence-corrected chi connectivity index (χ4v) is 5.23. The van der Waals surface area contributed by atoms with Gasteiger partial charge in [0.15, 0.2) is 5.82 Å². The van der Waals surface area contributed by atoms with Crippen LogP contribution in [0.3, 0.4) is 0 Å². The lowest BCUT2D eigenvalue weighted by molar-refractivity contribution is 0.257. The van der Waals surface area contributed by atoms with Crippen molar-refractivity contribution < 1.29 is 9.18 Å². The monoisotopic (exact) mass is 492 g/mol. The van der Waals surface area contributed by atoms with Crippen molar-refractivity contribution in [2.75, 3.05) is 34.8 Å². The Morgan fingerprint density at radius 2 is 2.11 bits per heavy atom. The first-order valence-electron chi connectivity index (χ1n) is 13.3. The van der Waals surface area contributed by atoms with E-state index >= 15 is 0 Å². The highest BCUT2D eigenvalue weighted by molar-refractivity contribution is 6.03. The molecule has 1 aliphatic heterocycles. The Kier molecular flexibility index (Phi) is 6.86. The third-order valence-electron chi connectivity index (χ3n) is 7.86. The summed E-state index contributed by atoms with van der Waals surface area (Å²) in [5, 5.41) is 2.76. The second kappa shape index (κ2) is 10.1. The van der Waals surface area contributed by atoms with Gasteiger partial charge in [0.2, 0.25) is 0 Å². The molecule has 8 heteroatoms. The van der Waals surface area contributed by atoms with Crippen LogP contribution in [0.5, 0.6) is 0 Å². The first-order chi connectivity index (χ1) is 17.3. The molecule has 2 unspecified atom stereocenters. The highest BCUT2D eigenvalue weighted by atomic mass is 19.1. The minimum absolute atomic E-state index is 0.128. The number of amides is 2. The molecule has 2 amide bonds. The standard InChI is InChI=1S/C28H37FN6O/c1-5-18(2)9-12-33(15-19(3)21-6-7-21)25-8-11-30-27-22(25)10-13-35(27)28(36)32-24-17-34-16-20(4)31-26(34)14-23(24)29/h8,11,14,16-19,21H,5-7,9-10,12-13,15H2,1-4H3,(H,32,36). The number of anilines is 3. The van der Waals surface area contributed by atoms with E-state index in [1.807, 2.05) is 6.92 Å². The summed E-state index contributed by atoms with van der Waals surface area (Å²) in [5.41, 5.74) is 3.73. The fraction of sp³-hybridized carbons (Fsp3) is 0.536. The quantitative estimate of drug-likeness (QED) is 0.394. The molecule has 2 aliphatic rings. The van der Waals surface area contributed by atoms with Gasteiger partial charge in [-0.05, 0) is 56.4 Å². The number of carbonyl (C=O) groups excluding carboxylic acids is 1. The van der Waals surface area contributed by atoms with Gasteiger partial charge in [-0.15, -0.1) is 0 Å². The van der Waals surface area contributed by atoms with E-state index in [0.717, 1.165) is 43.1 Å². The van der Waals surface area contributed by atoms with Crippen LogP contribution in [0.2, 0.25) is 0 Å². The molecule has 0 radical (unpaired) electrons. The molecule has 3 aromatic heterocycles. The maximum atomic E-state index is 14.7. The molecule has 4 heterocycles. The number of imidazole rings is 1. The van der Waals surface area contributed by atoms with E-state index in [-0.39, 0.29) is 11.7 Å². The highest BCUT2D eigenvalue weighted by Crippen LogP contribution is 2.39. The molecule has 3 aromatic rings. The maximum Gasteiger partial charge on any atom is 0.327 e. The second-order valence-electron chi connectivity index (χ2n) is 10.7. The largest absolute Gasteiger partial charge is 0.371 e. The van der Waals surface area contributed by atoms with Gasteiger partial charge in [-0.25, -0.2) is 19.2 Å². The van der Waals surface area contributed by atoms with Crippen molar-refractivity contribution in [3.05, 3.63) is 47.8 Å². The van der Waals surface area contributed by atoms with Crippen molar-refractivity contribution in [2.24, 2.45) is 17.8 Å². The molecule has 0 spiro atoms. The number of carbonyl (C=O) groups is 1. The van der Waals surface area contributed by atoms with Crippen LogP contribution in [0.4, 0.5) is 26.4 Å². The normalized spacial score (nSPS) is 16.8. The number of pyridine rings is 2. The molecule has 0 bridgehead atoms. The summed E-state index contributed by atoms with van der Waals surface area (Å²) >= 11 is 0. The molecule has 1 aliphatic carbocycles. The topological polar surface area (TPSA) is 65.8 Å². The molecule has 1 fully saturated rings. The van der Waals surface area contributed by atoms with Crippen LogP contribution in [-0.2, 0) is 6.42 Å². The summed E-state index contributed by atoms with van der Waals surface area (Å²) in [4.78, 5) is 26.3. The lowest BCUT2D eigenvalue weighted by Crippen LogP contribution is -2.34. The minimum Gasteiger partial charge on any atom is -0.371 e. The van der Waals surface area contributed by atoms with Crippen molar-refractivity contribution >= 4 is 28.9 Å². The first kappa shape index (κ1) is 24.5. The van der Waals surface area contributed by atoms with Crippen molar-refractivity contribution in [1.29, 1.82) is 0 Å². The molecule has 1 saturated carbocycles. The molecular formula is C28H37FN6O. The Morgan fingerprint density at radius 3 is 2.86 bits per heavy atom. The van der Waals surface area contributed by atoms with Crippen LogP contribution in [0.15, 0.2) is 30.7 Å². The van der Waals surface area contributed by atoms with Crippen LogP contribution in [0.25, 0.3) is 5.65 Å². The second-order valence-corrected chi connectivity index (χ2v) is 10.7. The van der Waals surface area contributed by atoms with Gasteiger partial charge >= 0.3 is 6.03 Å². The van der Waals surface area contributed by atoms with Gasteiger partial charge in [0.1, 0.15) is 11.5 Å². The van der Waals surface area contributed by atoms with E-state index in [0.29, 0.717) is 29.8 Å². The summed E-state index contributed by atoms with van der Waals surface area (Å²) in [6.45, 7) is 11.3. The number of halogens is 1. The van der Waals surface area contributed by atoms with E-state index in [1.165, 1.54) is 31.0 Å². The van der Waals surface area contributed by atoms with Crippen LogP contribution in [0.1, 0.15) is 57.7 Å². The number of hydrogen-bond donors (Lipinski definition) is 1. The molecule has 2 atom stereocenters. The van der Waals surface area contributed by atoms with Crippen molar-refractivity contribution in [3.63, 3.8) is 0 Å². The van der Waals surface area contributed by atoms with Gasteiger partial charge < -0.3 is 14.6 Å². The Labute approximate surface area is 212 Å². The van der Waals surface area contributed by atoms with Crippen molar-refractivity contribution in [2.45, 2.75) is 59.8 Å². The zero-order valence-corrected chi connectivity index (χ0v) is 21.8. The smallest absolute Gasteiger partial charge is 0.327 e. The zero-order valence-electron chi connectivity index (χ0n) is 21.8. The van der Waals surface area contributed by atoms with Crippen LogP contribution in [-0.4, -0.2) is 40.0 Å². The lowest BCUT2D eigenvalue weighted by Gasteiger charge is -2.30.